The van der Waals surface area contributed by atoms with Gasteiger partial charge in [0, 0.05) is 32.7 Å². The average Bonchev–Trinajstić information content (AvgIpc) is 2.45. The van der Waals surface area contributed by atoms with E-state index in [9.17, 15) is 4.79 Å². The number of nitrogens with zero attached hydrogens (tertiary/aromatic N) is 3. The molecule has 2 N–H and O–H groups in total. The molecule has 1 saturated heterocycles. The fourth-order valence-corrected chi connectivity index (χ4v) is 2.59. The molecule has 136 valence electrons. The fraction of sp³-hybridized carbons (Fsp3) is 0.867. The van der Waals surface area contributed by atoms with Crippen molar-refractivity contribution < 1.29 is 9.53 Å². The van der Waals surface area contributed by atoms with Gasteiger partial charge in [-0.3, -0.25) is 4.99 Å². The highest BCUT2D eigenvalue weighted by Gasteiger charge is 2.26. The van der Waals surface area contributed by atoms with E-state index in [0.29, 0.717) is 32.1 Å². The zero-order chi connectivity index (χ0) is 16.6. The van der Waals surface area contributed by atoms with Crippen molar-refractivity contribution in [3.63, 3.8) is 0 Å². The first kappa shape index (κ1) is 22.6. The van der Waals surface area contributed by atoms with Crippen LogP contribution in [-0.4, -0.2) is 72.2 Å². The highest BCUT2D eigenvalue weighted by molar-refractivity contribution is 14.0. The standard InChI is InChI=1S/C15H30N4O2S.HI/c1-15(2,3)21-14(20)19-10-8-18(9-11-19)13(16)17-7-5-6-12-22-4;/h5-12H2,1-4H3,(H2,16,17);1H. The lowest BCUT2D eigenvalue weighted by Crippen LogP contribution is -2.53. The van der Waals surface area contributed by atoms with Gasteiger partial charge in [0.05, 0.1) is 0 Å². The van der Waals surface area contributed by atoms with E-state index < -0.39 is 5.60 Å². The molecule has 8 heteroatoms. The number of unbranched alkanes of at least 4 members (excludes halogenated alkanes) is 1. The Hall–Kier alpha value is -0.380. The van der Waals surface area contributed by atoms with Crippen LogP contribution in [0.1, 0.15) is 33.6 Å². The van der Waals surface area contributed by atoms with Gasteiger partial charge in [0.15, 0.2) is 5.96 Å². The molecule has 0 atom stereocenters. The molecule has 0 radical (unpaired) electrons. The predicted octanol–water partition coefficient (Wildman–Crippen LogP) is 2.62. The first-order valence-corrected chi connectivity index (χ1v) is 9.24. The lowest BCUT2D eigenvalue weighted by molar-refractivity contribution is 0.0186. The molecule has 0 aliphatic carbocycles. The summed E-state index contributed by atoms with van der Waals surface area (Å²) in [6.45, 7) is 9.07. The molecule has 1 fully saturated rings. The summed E-state index contributed by atoms with van der Waals surface area (Å²) in [6.07, 6.45) is 4.10. The van der Waals surface area contributed by atoms with Crippen LogP contribution >= 0.6 is 35.7 Å². The van der Waals surface area contributed by atoms with Crippen molar-refractivity contribution in [3.8, 4) is 0 Å². The SMILES string of the molecule is CSCCCCN=C(N)N1CCN(C(=O)OC(C)(C)C)CC1.I. The van der Waals surface area contributed by atoms with Gasteiger partial charge in [-0.1, -0.05) is 0 Å². The van der Waals surface area contributed by atoms with Crippen molar-refractivity contribution >= 4 is 47.8 Å². The molecule has 1 heterocycles. The summed E-state index contributed by atoms with van der Waals surface area (Å²) in [4.78, 5) is 20.2. The minimum Gasteiger partial charge on any atom is -0.444 e. The molecule has 1 rings (SSSR count). The van der Waals surface area contributed by atoms with Crippen LogP contribution in [0.5, 0.6) is 0 Å². The minimum atomic E-state index is -0.453. The molecule has 0 aromatic rings. The normalized spacial score (nSPS) is 16.1. The Morgan fingerprint density at radius 1 is 1.17 bits per heavy atom. The third-order valence-corrected chi connectivity index (χ3v) is 3.98. The zero-order valence-corrected chi connectivity index (χ0v) is 17.9. The maximum Gasteiger partial charge on any atom is 0.410 e. The van der Waals surface area contributed by atoms with Crippen LogP contribution in [0.15, 0.2) is 4.99 Å². The Morgan fingerprint density at radius 2 is 1.74 bits per heavy atom. The first-order valence-electron chi connectivity index (χ1n) is 7.85. The number of rotatable bonds is 5. The summed E-state index contributed by atoms with van der Waals surface area (Å²) in [7, 11) is 0. The number of halogens is 1. The molecular weight excluding hydrogens is 427 g/mol. The van der Waals surface area contributed by atoms with E-state index in [1.807, 2.05) is 37.4 Å². The number of hydrogen-bond donors (Lipinski definition) is 1. The van der Waals surface area contributed by atoms with Gasteiger partial charge in [-0.25, -0.2) is 4.79 Å². The molecule has 6 nitrogen and oxygen atoms in total. The lowest BCUT2D eigenvalue weighted by Gasteiger charge is -2.36. The number of amides is 1. The number of thioether (sulfide) groups is 1. The zero-order valence-electron chi connectivity index (χ0n) is 14.7. The lowest BCUT2D eigenvalue weighted by atomic mass is 10.2. The largest absolute Gasteiger partial charge is 0.444 e. The number of carbonyl (C=O) groups excluding carboxylic acids is 1. The molecule has 1 amide bonds. The predicted molar refractivity (Wildman–Crippen MR) is 109 cm³/mol. The molecule has 0 aromatic carbocycles. The minimum absolute atomic E-state index is 0. The number of aliphatic imine (C=N–C) groups is 1. The van der Waals surface area contributed by atoms with Crippen LogP contribution in [0.2, 0.25) is 0 Å². The van der Waals surface area contributed by atoms with Gasteiger partial charge in [-0.05, 0) is 45.6 Å². The molecular formula is C15H31IN4O2S. The number of guanidine groups is 1. The van der Waals surface area contributed by atoms with E-state index >= 15 is 0 Å². The summed E-state index contributed by atoms with van der Waals surface area (Å²) >= 11 is 1.86. The van der Waals surface area contributed by atoms with Crippen molar-refractivity contribution in [2.75, 3.05) is 44.7 Å². The molecule has 0 unspecified atom stereocenters. The van der Waals surface area contributed by atoms with E-state index in [-0.39, 0.29) is 30.1 Å². The fourth-order valence-electron chi connectivity index (χ4n) is 2.10. The van der Waals surface area contributed by atoms with E-state index in [0.717, 1.165) is 13.0 Å². The van der Waals surface area contributed by atoms with Crippen molar-refractivity contribution in [2.45, 2.75) is 39.2 Å². The van der Waals surface area contributed by atoms with Gasteiger partial charge in [-0.15, -0.1) is 24.0 Å². The maximum absolute atomic E-state index is 12.0. The van der Waals surface area contributed by atoms with Gasteiger partial charge in [0.25, 0.3) is 0 Å². The van der Waals surface area contributed by atoms with E-state index in [1.54, 1.807) is 4.90 Å². The second-order valence-corrected chi connectivity index (χ2v) is 7.38. The summed E-state index contributed by atoms with van der Waals surface area (Å²) in [5.74, 6) is 1.76. The number of carbonyl (C=O) groups is 1. The maximum atomic E-state index is 12.0. The van der Waals surface area contributed by atoms with Crippen LogP contribution in [-0.2, 0) is 4.74 Å². The smallest absolute Gasteiger partial charge is 0.410 e. The molecule has 0 aromatic heterocycles. The third-order valence-electron chi connectivity index (χ3n) is 3.29. The summed E-state index contributed by atoms with van der Waals surface area (Å²) in [5, 5.41) is 0. The van der Waals surface area contributed by atoms with Crippen molar-refractivity contribution in [3.05, 3.63) is 0 Å². The highest BCUT2D eigenvalue weighted by Crippen LogP contribution is 2.11. The Bertz CT molecular complexity index is 380. The summed E-state index contributed by atoms with van der Waals surface area (Å²) in [5.41, 5.74) is 5.57. The van der Waals surface area contributed by atoms with Gasteiger partial charge in [-0.2, -0.15) is 11.8 Å². The van der Waals surface area contributed by atoms with Crippen molar-refractivity contribution in [2.24, 2.45) is 10.7 Å². The Labute approximate surface area is 161 Å². The molecule has 0 bridgehead atoms. The highest BCUT2D eigenvalue weighted by atomic mass is 127. The molecule has 0 saturated carbocycles. The van der Waals surface area contributed by atoms with Crippen LogP contribution in [0.4, 0.5) is 4.79 Å². The van der Waals surface area contributed by atoms with Crippen molar-refractivity contribution in [1.82, 2.24) is 9.80 Å². The Morgan fingerprint density at radius 3 is 2.26 bits per heavy atom. The van der Waals surface area contributed by atoms with Gasteiger partial charge < -0.3 is 20.3 Å². The van der Waals surface area contributed by atoms with E-state index in [2.05, 4.69) is 11.2 Å². The van der Waals surface area contributed by atoms with Gasteiger partial charge >= 0.3 is 6.09 Å². The van der Waals surface area contributed by atoms with Crippen LogP contribution in [0.25, 0.3) is 0 Å². The molecule has 1 aliphatic heterocycles. The second-order valence-electron chi connectivity index (χ2n) is 6.39. The Kier molecular flexibility index (Phi) is 11.0. The monoisotopic (exact) mass is 458 g/mol. The summed E-state index contributed by atoms with van der Waals surface area (Å²) < 4.78 is 5.38. The number of nitrogens with two attached hydrogens (primary N) is 1. The van der Waals surface area contributed by atoms with Gasteiger partial charge in [0.2, 0.25) is 0 Å². The van der Waals surface area contributed by atoms with Crippen LogP contribution in [0, 0.1) is 0 Å². The summed E-state index contributed by atoms with van der Waals surface area (Å²) in [6, 6.07) is 0. The van der Waals surface area contributed by atoms with Crippen LogP contribution < -0.4 is 5.73 Å². The second kappa shape index (κ2) is 11.2. The Balaban J connectivity index is 0.00000484. The number of piperazine rings is 1. The van der Waals surface area contributed by atoms with Crippen molar-refractivity contribution in [1.29, 1.82) is 0 Å². The van der Waals surface area contributed by atoms with Crippen LogP contribution in [0.3, 0.4) is 0 Å². The van der Waals surface area contributed by atoms with E-state index in [4.69, 9.17) is 10.5 Å². The molecule has 23 heavy (non-hydrogen) atoms. The quantitative estimate of drug-likeness (QED) is 0.297. The van der Waals surface area contributed by atoms with E-state index in [1.165, 1.54) is 12.2 Å². The number of ether oxygens (including phenoxy) is 1. The molecule has 0 spiro atoms. The average molecular weight is 458 g/mol. The number of hydrogen-bond acceptors (Lipinski definition) is 4. The molecule has 1 aliphatic rings. The third kappa shape index (κ3) is 9.49. The topological polar surface area (TPSA) is 71.2 Å². The first-order chi connectivity index (χ1) is 10.3. The van der Waals surface area contributed by atoms with Gasteiger partial charge in [0.1, 0.15) is 5.60 Å².